The fourth-order valence-corrected chi connectivity index (χ4v) is 2.19. The van der Waals surface area contributed by atoms with Crippen LogP contribution < -0.4 is 4.74 Å². The van der Waals surface area contributed by atoms with Gasteiger partial charge in [-0.1, -0.05) is 12.1 Å². The van der Waals surface area contributed by atoms with Gasteiger partial charge in [0.15, 0.2) is 0 Å². The Morgan fingerprint density at radius 3 is 3.16 bits per heavy atom. The molecule has 0 bridgehead atoms. The molecular weight excluding hydrogens is 246 g/mol. The minimum absolute atomic E-state index is 0.250. The SMILES string of the molecule is CCOc1cccc(CN2CCOCC2C(=O)O)c1. The molecule has 1 aliphatic heterocycles. The molecule has 1 atom stereocenters. The molecule has 0 aromatic heterocycles. The Kier molecular flexibility index (Phi) is 4.76. The van der Waals surface area contributed by atoms with E-state index in [-0.39, 0.29) is 6.61 Å². The summed E-state index contributed by atoms with van der Waals surface area (Å²) in [5.41, 5.74) is 1.05. The normalized spacial score (nSPS) is 20.2. The van der Waals surface area contributed by atoms with Crippen molar-refractivity contribution in [3.8, 4) is 5.75 Å². The van der Waals surface area contributed by atoms with Crippen molar-refractivity contribution in [3.63, 3.8) is 0 Å². The van der Waals surface area contributed by atoms with Crippen LogP contribution in [-0.2, 0) is 16.1 Å². The summed E-state index contributed by atoms with van der Waals surface area (Å²) in [7, 11) is 0. The van der Waals surface area contributed by atoms with E-state index in [2.05, 4.69) is 0 Å². The molecular formula is C14H19NO4. The first-order chi connectivity index (χ1) is 9.20. The Morgan fingerprint density at radius 1 is 1.58 bits per heavy atom. The fraction of sp³-hybridized carbons (Fsp3) is 0.500. The topological polar surface area (TPSA) is 59.0 Å². The quantitative estimate of drug-likeness (QED) is 0.871. The standard InChI is InChI=1S/C14H19NO4/c1-2-19-12-5-3-4-11(8-12)9-15-6-7-18-10-13(15)14(16)17/h3-5,8,13H,2,6-7,9-10H2,1H3,(H,16,17). The summed E-state index contributed by atoms with van der Waals surface area (Å²) in [5, 5.41) is 9.18. The minimum Gasteiger partial charge on any atom is -0.494 e. The van der Waals surface area contributed by atoms with Crippen LogP contribution in [0.25, 0.3) is 0 Å². The first-order valence-corrected chi connectivity index (χ1v) is 6.47. The number of carboxylic acids is 1. The number of hydrogen-bond donors (Lipinski definition) is 1. The molecule has 5 nitrogen and oxygen atoms in total. The van der Waals surface area contributed by atoms with E-state index in [9.17, 15) is 9.90 Å². The lowest BCUT2D eigenvalue weighted by Crippen LogP contribution is -2.49. The molecule has 0 amide bonds. The Labute approximate surface area is 112 Å². The van der Waals surface area contributed by atoms with Gasteiger partial charge in [-0.2, -0.15) is 0 Å². The summed E-state index contributed by atoms with van der Waals surface area (Å²) < 4.78 is 10.7. The van der Waals surface area contributed by atoms with Crippen molar-refractivity contribution in [2.45, 2.75) is 19.5 Å². The van der Waals surface area contributed by atoms with E-state index in [0.29, 0.717) is 26.3 Å². The van der Waals surface area contributed by atoms with Crippen LogP contribution in [0.2, 0.25) is 0 Å². The van der Waals surface area contributed by atoms with Crippen LogP contribution in [0.1, 0.15) is 12.5 Å². The van der Waals surface area contributed by atoms with E-state index in [1.807, 2.05) is 36.1 Å². The summed E-state index contributed by atoms with van der Waals surface area (Å²) in [6, 6.07) is 7.20. The summed E-state index contributed by atoms with van der Waals surface area (Å²) in [6.07, 6.45) is 0. The van der Waals surface area contributed by atoms with E-state index in [0.717, 1.165) is 11.3 Å². The predicted molar refractivity (Wildman–Crippen MR) is 70.3 cm³/mol. The van der Waals surface area contributed by atoms with Crippen LogP contribution in [0.15, 0.2) is 24.3 Å². The summed E-state index contributed by atoms with van der Waals surface area (Å²) in [4.78, 5) is 13.1. The van der Waals surface area contributed by atoms with E-state index in [4.69, 9.17) is 9.47 Å². The van der Waals surface area contributed by atoms with E-state index in [1.54, 1.807) is 0 Å². The molecule has 1 aromatic carbocycles. The third-order valence-corrected chi connectivity index (χ3v) is 3.12. The monoisotopic (exact) mass is 265 g/mol. The van der Waals surface area contributed by atoms with Crippen LogP contribution >= 0.6 is 0 Å². The highest BCUT2D eigenvalue weighted by Gasteiger charge is 2.28. The second-order valence-electron chi connectivity index (χ2n) is 4.48. The molecule has 1 heterocycles. The van der Waals surface area contributed by atoms with Crippen LogP contribution in [0.3, 0.4) is 0 Å². The lowest BCUT2D eigenvalue weighted by molar-refractivity contribution is -0.150. The predicted octanol–water partition coefficient (Wildman–Crippen LogP) is 1.37. The number of benzene rings is 1. The van der Waals surface area contributed by atoms with Gasteiger partial charge in [-0.25, -0.2) is 0 Å². The molecule has 104 valence electrons. The van der Waals surface area contributed by atoms with Crippen molar-refractivity contribution in [1.29, 1.82) is 0 Å². The average Bonchev–Trinajstić information content (AvgIpc) is 2.40. The minimum atomic E-state index is -0.833. The number of rotatable bonds is 5. The van der Waals surface area contributed by atoms with Crippen molar-refractivity contribution >= 4 is 5.97 Å². The Balaban J connectivity index is 2.06. The van der Waals surface area contributed by atoms with Crippen molar-refractivity contribution in [3.05, 3.63) is 29.8 Å². The number of nitrogens with zero attached hydrogens (tertiary/aromatic N) is 1. The zero-order valence-electron chi connectivity index (χ0n) is 11.0. The van der Waals surface area contributed by atoms with Gasteiger partial charge in [0.2, 0.25) is 0 Å². The molecule has 0 aliphatic carbocycles. The molecule has 0 spiro atoms. The van der Waals surface area contributed by atoms with Gasteiger partial charge in [-0.15, -0.1) is 0 Å². The number of morpholine rings is 1. The van der Waals surface area contributed by atoms with E-state index >= 15 is 0 Å². The van der Waals surface area contributed by atoms with Crippen LogP contribution in [0, 0.1) is 0 Å². The van der Waals surface area contributed by atoms with Crippen molar-refractivity contribution in [1.82, 2.24) is 4.90 Å². The molecule has 1 saturated heterocycles. The second kappa shape index (κ2) is 6.54. The first-order valence-electron chi connectivity index (χ1n) is 6.47. The number of carboxylic acid groups (broad SMARTS) is 1. The van der Waals surface area contributed by atoms with E-state index < -0.39 is 12.0 Å². The third-order valence-electron chi connectivity index (χ3n) is 3.12. The molecule has 1 fully saturated rings. The van der Waals surface area contributed by atoms with Gasteiger partial charge in [-0.05, 0) is 24.6 Å². The lowest BCUT2D eigenvalue weighted by Gasteiger charge is -2.32. The summed E-state index contributed by atoms with van der Waals surface area (Å²) >= 11 is 0. The third kappa shape index (κ3) is 3.68. The highest BCUT2D eigenvalue weighted by Crippen LogP contribution is 2.17. The van der Waals surface area contributed by atoms with Gasteiger partial charge in [0.05, 0.1) is 19.8 Å². The average molecular weight is 265 g/mol. The van der Waals surface area contributed by atoms with Crippen LogP contribution in [0.5, 0.6) is 5.75 Å². The maximum atomic E-state index is 11.2. The van der Waals surface area contributed by atoms with Gasteiger partial charge in [0.1, 0.15) is 11.8 Å². The molecule has 0 saturated carbocycles. The van der Waals surface area contributed by atoms with Crippen LogP contribution in [-0.4, -0.2) is 48.4 Å². The van der Waals surface area contributed by atoms with Gasteiger partial charge in [0.25, 0.3) is 0 Å². The van der Waals surface area contributed by atoms with Gasteiger partial charge in [0, 0.05) is 13.1 Å². The Bertz CT molecular complexity index is 435. The number of aliphatic carboxylic acids is 1. The molecule has 5 heteroatoms. The lowest BCUT2D eigenvalue weighted by atomic mass is 10.1. The van der Waals surface area contributed by atoms with Crippen molar-refractivity contribution in [2.75, 3.05) is 26.4 Å². The van der Waals surface area contributed by atoms with Crippen molar-refractivity contribution in [2.24, 2.45) is 0 Å². The van der Waals surface area contributed by atoms with Gasteiger partial charge < -0.3 is 14.6 Å². The highest BCUT2D eigenvalue weighted by atomic mass is 16.5. The maximum Gasteiger partial charge on any atom is 0.323 e. The maximum absolute atomic E-state index is 11.2. The number of hydrogen-bond acceptors (Lipinski definition) is 4. The second-order valence-corrected chi connectivity index (χ2v) is 4.48. The molecule has 19 heavy (non-hydrogen) atoms. The zero-order valence-corrected chi connectivity index (χ0v) is 11.0. The Hall–Kier alpha value is -1.59. The first kappa shape index (κ1) is 13.8. The molecule has 2 rings (SSSR count). The molecule has 1 N–H and O–H groups in total. The molecule has 1 unspecified atom stereocenters. The Morgan fingerprint density at radius 2 is 2.42 bits per heavy atom. The smallest absolute Gasteiger partial charge is 0.323 e. The molecule has 0 radical (unpaired) electrons. The zero-order chi connectivity index (χ0) is 13.7. The largest absolute Gasteiger partial charge is 0.494 e. The summed E-state index contributed by atoms with van der Waals surface area (Å²) in [6.45, 7) is 4.63. The van der Waals surface area contributed by atoms with Crippen molar-refractivity contribution < 1.29 is 19.4 Å². The van der Waals surface area contributed by atoms with E-state index in [1.165, 1.54) is 0 Å². The number of ether oxygens (including phenoxy) is 2. The highest BCUT2D eigenvalue weighted by molar-refractivity contribution is 5.73. The van der Waals surface area contributed by atoms with Gasteiger partial charge in [-0.3, -0.25) is 9.69 Å². The molecule has 1 aromatic rings. The molecule has 1 aliphatic rings. The number of carbonyl (C=O) groups is 1. The summed E-state index contributed by atoms with van der Waals surface area (Å²) in [5.74, 6) is -0.0132. The van der Waals surface area contributed by atoms with Gasteiger partial charge >= 0.3 is 5.97 Å². The fourth-order valence-electron chi connectivity index (χ4n) is 2.19. The van der Waals surface area contributed by atoms with Crippen LogP contribution in [0.4, 0.5) is 0 Å².